The van der Waals surface area contributed by atoms with Gasteiger partial charge in [0, 0.05) is 51.4 Å². The second kappa shape index (κ2) is 9.35. The molecule has 3 rings (SSSR count). The summed E-state index contributed by atoms with van der Waals surface area (Å²) in [7, 11) is 3.44. The summed E-state index contributed by atoms with van der Waals surface area (Å²) < 4.78 is 5.17. The number of hydrogen-bond donors (Lipinski definition) is 0. The van der Waals surface area contributed by atoms with Crippen LogP contribution >= 0.6 is 0 Å². The van der Waals surface area contributed by atoms with E-state index in [4.69, 9.17) is 4.74 Å². The molecule has 1 aromatic heterocycles. The van der Waals surface area contributed by atoms with Gasteiger partial charge in [-0.3, -0.25) is 14.6 Å². The third-order valence-electron chi connectivity index (χ3n) is 5.19. The second-order valence-electron chi connectivity index (χ2n) is 7.17. The van der Waals surface area contributed by atoms with Crippen molar-refractivity contribution in [1.29, 1.82) is 0 Å². The lowest BCUT2D eigenvalue weighted by Gasteiger charge is -2.23. The Morgan fingerprint density at radius 1 is 1.18 bits per heavy atom. The van der Waals surface area contributed by atoms with Crippen LogP contribution in [0.4, 0.5) is 0 Å². The molecule has 148 valence electrons. The van der Waals surface area contributed by atoms with E-state index in [0.717, 1.165) is 17.0 Å². The average Bonchev–Trinajstić information content (AvgIpc) is 2.87. The Morgan fingerprint density at radius 3 is 2.64 bits per heavy atom. The highest BCUT2D eigenvalue weighted by molar-refractivity contribution is 5.82. The number of methoxy groups -OCH3 is 1. The van der Waals surface area contributed by atoms with Crippen molar-refractivity contribution >= 4 is 11.8 Å². The smallest absolute Gasteiger partial charge is 0.227 e. The number of pyridine rings is 1. The fourth-order valence-corrected chi connectivity index (χ4v) is 3.48. The van der Waals surface area contributed by atoms with Crippen LogP contribution in [-0.2, 0) is 22.4 Å². The number of aryl methyl sites for hydroxylation is 1. The van der Waals surface area contributed by atoms with Gasteiger partial charge >= 0.3 is 0 Å². The van der Waals surface area contributed by atoms with E-state index in [9.17, 15) is 9.59 Å². The fraction of sp³-hybridized carbons (Fsp3) is 0.409. The third-order valence-corrected chi connectivity index (χ3v) is 5.19. The van der Waals surface area contributed by atoms with Crippen molar-refractivity contribution in [1.82, 2.24) is 14.8 Å². The van der Waals surface area contributed by atoms with Crippen LogP contribution in [0.1, 0.15) is 17.7 Å². The van der Waals surface area contributed by atoms with Gasteiger partial charge in [-0.2, -0.15) is 0 Å². The summed E-state index contributed by atoms with van der Waals surface area (Å²) in [4.78, 5) is 33.4. The zero-order valence-corrected chi connectivity index (χ0v) is 16.5. The van der Waals surface area contributed by atoms with E-state index in [1.54, 1.807) is 25.3 Å². The Balaban J connectivity index is 1.62. The molecule has 0 spiro atoms. The normalized spacial score (nSPS) is 17.4. The molecule has 1 unspecified atom stereocenters. The Hall–Kier alpha value is -2.89. The highest BCUT2D eigenvalue weighted by Gasteiger charge is 2.30. The number of hydrogen-bond acceptors (Lipinski definition) is 4. The van der Waals surface area contributed by atoms with Gasteiger partial charge < -0.3 is 14.5 Å². The molecule has 0 N–H and O–H groups in total. The van der Waals surface area contributed by atoms with Gasteiger partial charge in [0.1, 0.15) is 5.75 Å². The Kier molecular flexibility index (Phi) is 6.63. The molecule has 0 aliphatic carbocycles. The lowest BCUT2D eigenvalue weighted by atomic mass is 10.0. The Bertz CT molecular complexity index is 792. The molecule has 1 fully saturated rings. The standard InChI is InChI=1S/C22H27N3O3/c1-24-13-14-25(16-18(22(24)27)15-19-5-3-4-12-23-19)21(26)11-8-17-6-9-20(28-2)10-7-17/h3-7,9-10,12,18H,8,11,13-16H2,1-2H3. The van der Waals surface area contributed by atoms with Crippen LogP contribution < -0.4 is 4.74 Å². The predicted octanol–water partition coefficient (Wildman–Crippen LogP) is 2.18. The van der Waals surface area contributed by atoms with Crippen LogP contribution in [-0.4, -0.2) is 60.4 Å². The molecule has 1 aromatic carbocycles. The largest absolute Gasteiger partial charge is 0.497 e. The van der Waals surface area contributed by atoms with Crippen molar-refractivity contribution in [3.05, 3.63) is 59.9 Å². The van der Waals surface area contributed by atoms with Gasteiger partial charge in [-0.15, -0.1) is 0 Å². The minimum Gasteiger partial charge on any atom is -0.497 e. The van der Waals surface area contributed by atoms with Crippen molar-refractivity contribution in [3.8, 4) is 5.75 Å². The van der Waals surface area contributed by atoms with Gasteiger partial charge in [-0.25, -0.2) is 0 Å². The summed E-state index contributed by atoms with van der Waals surface area (Å²) in [5, 5.41) is 0. The van der Waals surface area contributed by atoms with Gasteiger partial charge in [0.2, 0.25) is 11.8 Å². The monoisotopic (exact) mass is 381 g/mol. The first-order valence-electron chi connectivity index (χ1n) is 9.62. The number of aromatic nitrogens is 1. The number of ether oxygens (including phenoxy) is 1. The van der Waals surface area contributed by atoms with Crippen molar-refractivity contribution in [3.63, 3.8) is 0 Å². The highest BCUT2D eigenvalue weighted by atomic mass is 16.5. The maximum Gasteiger partial charge on any atom is 0.227 e. The number of carbonyl (C=O) groups excluding carboxylic acids is 2. The predicted molar refractivity (Wildman–Crippen MR) is 107 cm³/mol. The quantitative estimate of drug-likeness (QED) is 0.769. The van der Waals surface area contributed by atoms with Crippen molar-refractivity contribution in [2.75, 3.05) is 33.8 Å². The molecular weight excluding hydrogens is 354 g/mol. The third kappa shape index (κ3) is 5.09. The van der Waals surface area contributed by atoms with Crippen molar-refractivity contribution < 1.29 is 14.3 Å². The molecule has 6 heteroatoms. The molecule has 0 saturated carbocycles. The van der Waals surface area contributed by atoms with Crippen LogP contribution in [0.5, 0.6) is 5.75 Å². The van der Waals surface area contributed by atoms with E-state index < -0.39 is 0 Å². The van der Waals surface area contributed by atoms with Gasteiger partial charge in [-0.1, -0.05) is 18.2 Å². The number of amides is 2. The lowest BCUT2D eigenvalue weighted by Crippen LogP contribution is -2.37. The fourth-order valence-electron chi connectivity index (χ4n) is 3.48. The molecule has 28 heavy (non-hydrogen) atoms. The van der Waals surface area contributed by atoms with Crippen LogP contribution in [0.15, 0.2) is 48.7 Å². The SMILES string of the molecule is COc1ccc(CCC(=O)N2CCN(C)C(=O)C(Cc3ccccn3)C2)cc1. The summed E-state index contributed by atoms with van der Waals surface area (Å²) in [5.74, 6) is 0.717. The molecule has 0 radical (unpaired) electrons. The molecule has 1 saturated heterocycles. The number of rotatable bonds is 6. The van der Waals surface area contributed by atoms with Gasteiger partial charge in [0.25, 0.3) is 0 Å². The maximum atomic E-state index is 12.8. The topological polar surface area (TPSA) is 62.7 Å². The summed E-state index contributed by atoms with van der Waals surface area (Å²) >= 11 is 0. The minimum atomic E-state index is -0.257. The van der Waals surface area contributed by atoms with E-state index in [1.807, 2.05) is 47.4 Å². The molecular formula is C22H27N3O3. The zero-order chi connectivity index (χ0) is 19.9. The summed E-state index contributed by atoms with van der Waals surface area (Å²) in [6.07, 6.45) is 3.39. The van der Waals surface area contributed by atoms with Crippen molar-refractivity contribution in [2.45, 2.75) is 19.3 Å². The van der Waals surface area contributed by atoms with E-state index in [-0.39, 0.29) is 17.7 Å². The van der Waals surface area contributed by atoms with Crippen LogP contribution in [0.2, 0.25) is 0 Å². The lowest BCUT2D eigenvalue weighted by molar-refractivity contribution is -0.134. The van der Waals surface area contributed by atoms with E-state index >= 15 is 0 Å². The first-order chi connectivity index (χ1) is 13.6. The van der Waals surface area contributed by atoms with E-state index in [1.165, 1.54) is 0 Å². The molecule has 1 aliphatic heterocycles. The van der Waals surface area contributed by atoms with Crippen LogP contribution in [0.25, 0.3) is 0 Å². The van der Waals surface area contributed by atoms with E-state index in [0.29, 0.717) is 38.9 Å². The Morgan fingerprint density at radius 2 is 1.96 bits per heavy atom. The molecule has 2 heterocycles. The number of benzene rings is 1. The van der Waals surface area contributed by atoms with Gasteiger partial charge in [0.15, 0.2) is 0 Å². The van der Waals surface area contributed by atoms with E-state index in [2.05, 4.69) is 4.98 Å². The number of nitrogens with zero attached hydrogens (tertiary/aromatic N) is 3. The first kappa shape index (κ1) is 19.9. The second-order valence-corrected chi connectivity index (χ2v) is 7.17. The molecule has 6 nitrogen and oxygen atoms in total. The van der Waals surface area contributed by atoms with Gasteiger partial charge in [-0.05, 0) is 36.2 Å². The van der Waals surface area contributed by atoms with Crippen LogP contribution in [0.3, 0.4) is 0 Å². The molecule has 2 amide bonds. The number of carbonyl (C=O) groups is 2. The highest BCUT2D eigenvalue weighted by Crippen LogP contribution is 2.17. The molecule has 2 aromatic rings. The van der Waals surface area contributed by atoms with Gasteiger partial charge in [0.05, 0.1) is 13.0 Å². The zero-order valence-electron chi connectivity index (χ0n) is 16.5. The first-order valence-corrected chi connectivity index (χ1v) is 9.62. The molecule has 1 aliphatic rings. The summed E-state index contributed by atoms with van der Waals surface area (Å²) in [6, 6.07) is 13.5. The van der Waals surface area contributed by atoms with Crippen molar-refractivity contribution in [2.24, 2.45) is 5.92 Å². The van der Waals surface area contributed by atoms with Crippen LogP contribution in [0, 0.1) is 5.92 Å². The summed E-state index contributed by atoms with van der Waals surface area (Å²) in [5.41, 5.74) is 1.98. The Labute approximate surface area is 166 Å². The maximum absolute atomic E-state index is 12.8. The summed E-state index contributed by atoms with van der Waals surface area (Å²) in [6.45, 7) is 1.58. The average molecular weight is 381 g/mol. The molecule has 0 bridgehead atoms. The minimum absolute atomic E-state index is 0.0797. The number of likely N-dealkylation sites (N-methyl/N-ethyl adjacent to an activating group) is 1. The molecule has 1 atom stereocenters.